The molecule has 0 spiro atoms. The van der Waals surface area contributed by atoms with Gasteiger partial charge in [0.2, 0.25) is 5.91 Å². The summed E-state index contributed by atoms with van der Waals surface area (Å²) in [6.07, 6.45) is -7.90. The number of nitrogens with zero attached hydrogens (tertiary/aromatic N) is 1. The van der Waals surface area contributed by atoms with Gasteiger partial charge in [-0.25, -0.2) is 9.18 Å². The summed E-state index contributed by atoms with van der Waals surface area (Å²) in [5.74, 6) is 3.93. The fourth-order valence-electron chi connectivity index (χ4n) is 5.96. The van der Waals surface area contributed by atoms with Crippen LogP contribution in [0.5, 0.6) is 5.75 Å². The number of amides is 2. The first-order valence-corrected chi connectivity index (χ1v) is 18.2. The first-order chi connectivity index (χ1) is 26.2. The highest BCUT2D eigenvalue weighted by Gasteiger charge is 2.33. The van der Waals surface area contributed by atoms with Crippen LogP contribution in [-0.2, 0) is 25.5 Å². The van der Waals surface area contributed by atoms with Gasteiger partial charge in [-0.05, 0) is 48.1 Å². The maximum atomic E-state index is 15.2. The van der Waals surface area contributed by atoms with E-state index in [4.69, 9.17) is 25.1 Å². The first kappa shape index (κ1) is 43.1. The molecule has 3 aromatic rings. The summed E-state index contributed by atoms with van der Waals surface area (Å²) in [5.41, 5.74) is 6.22. The Morgan fingerprint density at radius 2 is 1.93 bits per heavy atom. The van der Waals surface area contributed by atoms with Crippen LogP contribution in [0.4, 0.5) is 28.9 Å². The minimum Gasteiger partial charge on any atom is -0.489 e. The lowest BCUT2D eigenvalue weighted by atomic mass is 10.0. The highest BCUT2D eigenvalue weighted by atomic mass is 32.1. The number of alkyl halides is 4. The number of carbonyl (C=O) groups is 3. The van der Waals surface area contributed by atoms with Gasteiger partial charge in [-0.3, -0.25) is 14.5 Å². The number of rotatable bonds is 18. The molecule has 2 heterocycles. The number of hydrogen-bond donors (Lipinski definition) is 6. The van der Waals surface area contributed by atoms with Gasteiger partial charge in [-0.2, -0.15) is 13.2 Å². The van der Waals surface area contributed by atoms with Gasteiger partial charge < -0.3 is 46.1 Å². The highest BCUT2D eigenvalue weighted by molar-refractivity contribution is 7.20. The van der Waals surface area contributed by atoms with E-state index in [1.54, 1.807) is 29.2 Å². The third-order valence-corrected chi connectivity index (χ3v) is 9.87. The fourth-order valence-corrected chi connectivity index (χ4v) is 7.13. The Hall–Kier alpha value is -4.67. The van der Waals surface area contributed by atoms with Crippen LogP contribution in [-0.4, -0.2) is 124 Å². The van der Waals surface area contributed by atoms with Crippen molar-refractivity contribution < 1.29 is 56.4 Å². The second kappa shape index (κ2) is 20.3. The van der Waals surface area contributed by atoms with Crippen molar-refractivity contribution in [2.24, 2.45) is 5.73 Å². The molecular formula is C37H45F4N5O8S. The van der Waals surface area contributed by atoms with Crippen molar-refractivity contribution in [1.82, 2.24) is 10.2 Å². The van der Waals surface area contributed by atoms with Gasteiger partial charge in [0, 0.05) is 38.7 Å². The van der Waals surface area contributed by atoms with Gasteiger partial charge >= 0.3 is 12.1 Å². The number of hydrogen-bond acceptors (Lipinski definition) is 12. The van der Waals surface area contributed by atoms with Crippen LogP contribution in [0, 0.1) is 11.8 Å². The molecule has 13 nitrogen and oxygen atoms in total. The SMILES string of the molecule is COCCOc1cc(C(=O)NC(CCC(N)=O)C(=O)OC)ccc1NCC#Cc1sc2c(NC3CCN(CC(O)CO)CC3F)cccc2c1CC(F)(F)F. The summed E-state index contributed by atoms with van der Waals surface area (Å²) < 4.78 is 72.8. The average Bonchev–Trinajstić information content (AvgIpc) is 3.48. The van der Waals surface area contributed by atoms with Crippen molar-refractivity contribution in [3.05, 3.63) is 52.4 Å². The van der Waals surface area contributed by atoms with Gasteiger partial charge in [0.05, 0.1) is 66.4 Å². The molecule has 1 aromatic heterocycles. The Morgan fingerprint density at radius 3 is 2.60 bits per heavy atom. The number of primary amides is 1. The number of benzene rings is 2. The zero-order valence-electron chi connectivity index (χ0n) is 30.3. The fraction of sp³-hybridized carbons (Fsp3) is 0.486. The van der Waals surface area contributed by atoms with Crippen LogP contribution < -0.4 is 26.4 Å². The van der Waals surface area contributed by atoms with Crippen LogP contribution in [0.15, 0.2) is 36.4 Å². The van der Waals surface area contributed by atoms with E-state index in [1.807, 2.05) is 0 Å². The largest absolute Gasteiger partial charge is 0.489 e. The molecule has 55 heavy (non-hydrogen) atoms. The zero-order valence-corrected chi connectivity index (χ0v) is 31.2. The van der Waals surface area contributed by atoms with Gasteiger partial charge in [-0.15, -0.1) is 11.3 Å². The molecular weight excluding hydrogens is 750 g/mol. The van der Waals surface area contributed by atoms with E-state index < -0.39 is 61.3 Å². The van der Waals surface area contributed by atoms with E-state index in [9.17, 15) is 32.7 Å². The number of nitrogens with one attached hydrogen (secondary N) is 3. The van der Waals surface area contributed by atoms with Crippen LogP contribution in [0.3, 0.4) is 0 Å². The van der Waals surface area contributed by atoms with Gasteiger partial charge in [-0.1, -0.05) is 24.0 Å². The summed E-state index contributed by atoms with van der Waals surface area (Å²) >= 11 is 1.08. The average molecular weight is 796 g/mol. The molecule has 1 aliphatic heterocycles. The number of likely N-dealkylation sites (tertiary alicyclic amines) is 1. The summed E-state index contributed by atoms with van der Waals surface area (Å²) in [5, 5.41) is 28.0. The third kappa shape index (κ3) is 12.7. The minimum atomic E-state index is -4.52. The van der Waals surface area contributed by atoms with Crippen molar-refractivity contribution >= 4 is 50.6 Å². The molecule has 4 atom stereocenters. The highest BCUT2D eigenvalue weighted by Crippen LogP contribution is 2.39. The number of fused-ring (bicyclic) bond motifs is 1. The number of thiophene rings is 1. The number of aliphatic hydroxyl groups excluding tert-OH is 2. The smallest absolute Gasteiger partial charge is 0.393 e. The molecule has 0 bridgehead atoms. The van der Waals surface area contributed by atoms with E-state index >= 15 is 4.39 Å². The normalized spacial score (nSPS) is 17.1. The molecule has 18 heteroatoms. The van der Waals surface area contributed by atoms with E-state index in [2.05, 4.69) is 27.8 Å². The Labute approximate surface area is 319 Å². The Kier molecular flexibility index (Phi) is 15.9. The van der Waals surface area contributed by atoms with E-state index in [0.717, 1.165) is 18.4 Å². The number of piperidine rings is 1. The lowest BCUT2D eigenvalue weighted by molar-refractivity contribution is -0.143. The molecule has 0 radical (unpaired) electrons. The number of anilines is 2. The number of esters is 1. The predicted molar refractivity (Wildman–Crippen MR) is 199 cm³/mol. The van der Waals surface area contributed by atoms with E-state index in [0.29, 0.717) is 34.4 Å². The molecule has 1 fully saturated rings. The van der Waals surface area contributed by atoms with Crippen molar-refractivity contribution in [2.45, 2.75) is 56.2 Å². The summed E-state index contributed by atoms with van der Waals surface area (Å²) in [7, 11) is 2.63. The molecule has 0 saturated carbocycles. The lowest BCUT2D eigenvalue weighted by Crippen LogP contribution is -2.50. The minimum absolute atomic E-state index is 0.00768. The van der Waals surface area contributed by atoms with Crippen molar-refractivity contribution in [3.8, 4) is 17.6 Å². The van der Waals surface area contributed by atoms with Crippen molar-refractivity contribution in [1.29, 1.82) is 0 Å². The van der Waals surface area contributed by atoms with Gasteiger partial charge in [0.1, 0.15) is 24.6 Å². The van der Waals surface area contributed by atoms with Crippen LogP contribution in [0.2, 0.25) is 0 Å². The molecule has 1 aliphatic rings. The second-order valence-electron chi connectivity index (χ2n) is 12.8. The van der Waals surface area contributed by atoms with Gasteiger partial charge in [0.25, 0.3) is 5.91 Å². The molecule has 2 aromatic carbocycles. The Bertz CT molecular complexity index is 1850. The lowest BCUT2D eigenvalue weighted by Gasteiger charge is -2.36. The number of aliphatic hydroxyl groups is 2. The quantitative estimate of drug-likeness (QED) is 0.0481. The van der Waals surface area contributed by atoms with Crippen molar-refractivity contribution in [2.75, 3.05) is 70.9 Å². The van der Waals surface area contributed by atoms with Crippen LogP contribution in [0.25, 0.3) is 10.1 Å². The summed E-state index contributed by atoms with van der Waals surface area (Å²) in [6.45, 7) is 0.493. The second-order valence-corrected chi connectivity index (χ2v) is 13.8. The molecule has 7 N–H and O–H groups in total. The summed E-state index contributed by atoms with van der Waals surface area (Å²) in [6, 6.07) is 7.57. The first-order valence-electron chi connectivity index (χ1n) is 17.4. The predicted octanol–water partition coefficient (Wildman–Crippen LogP) is 3.21. The number of halogens is 4. The number of carbonyl (C=O) groups excluding carboxylic acids is 3. The zero-order chi connectivity index (χ0) is 40.1. The molecule has 4 rings (SSSR count). The number of β-amino-alcohol motifs (C(OH)–C–C–N with tert-alkyl or cyclic N) is 1. The molecule has 4 unspecified atom stereocenters. The van der Waals surface area contributed by atoms with E-state index in [1.165, 1.54) is 19.2 Å². The molecule has 2 amide bonds. The maximum absolute atomic E-state index is 15.2. The standard InChI is InChI=1S/C37H45F4N5O8S/c1-52-15-16-54-31-17-22(35(50)45-30(36(51)53-2)10-11-33(42)49)8-9-28(31)43-13-4-7-32-25(18-37(39,40)41)24-5-3-6-29(34(24)55-32)44-27-12-14-46(20-26(27)38)19-23(48)21-47/h3,5-6,8-9,17,23,26-27,30,43-44,47-48H,10-16,18-21H2,1-2H3,(H2,42,49)(H,45,50). The number of nitrogens with two attached hydrogens (primary N) is 1. The molecule has 1 saturated heterocycles. The maximum Gasteiger partial charge on any atom is 0.393 e. The number of methoxy groups -OCH3 is 2. The van der Waals surface area contributed by atoms with Crippen molar-refractivity contribution in [3.63, 3.8) is 0 Å². The molecule has 300 valence electrons. The van der Waals surface area contributed by atoms with Crippen LogP contribution in [0.1, 0.15) is 40.1 Å². The Morgan fingerprint density at radius 1 is 1.15 bits per heavy atom. The van der Waals surface area contributed by atoms with Gasteiger partial charge in [0.15, 0.2) is 0 Å². The summed E-state index contributed by atoms with van der Waals surface area (Å²) in [4.78, 5) is 38.4. The number of ether oxygens (including phenoxy) is 3. The third-order valence-electron chi connectivity index (χ3n) is 8.67. The monoisotopic (exact) mass is 795 g/mol. The topological polar surface area (TPSA) is 185 Å². The van der Waals surface area contributed by atoms with Crippen LogP contribution >= 0.6 is 11.3 Å². The Balaban J connectivity index is 1.54. The van der Waals surface area contributed by atoms with E-state index in [-0.39, 0.29) is 67.4 Å². The molecule has 0 aliphatic carbocycles.